The van der Waals surface area contributed by atoms with E-state index in [9.17, 15) is 8.78 Å². The smallest absolute Gasteiger partial charge is 0.149 e. The van der Waals surface area contributed by atoms with Crippen LogP contribution in [0.15, 0.2) is 42.5 Å². The number of benzene rings is 2. The van der Waals surface area contributed by atoms with Crippen LogP contribution >= 0.6 is 0 Å². The summed E-state index contributed by atoms with van der Waals surface area (Å²) >= 11 is 0. The summed E-state index contributed by atoms with van der Waals surface area (Å²) in [6.07, 6.45) is 0. The lowest BCUT2D eigenvalue weighted by Gasteiger charge is -2.15. The van der Waals surface area contributed by atoms with E-state index in [0.717, 1.165) is 0 Å². The molecule has 3 aromatic rings. The number of ether oxygens (including phenoxy) is 1. The molecule has 2 aromatic carbocycles. The third kappa shape index (κ3) is 2.96. The van der Waals surface area contributed by atoms with Gasteiger partial charge in [0.2, 0.25) is 0 Å². The number of pyridine rings is 1. The molecule has 0 atom stereocenters. The van der Waals surface area contributed by atoms with E-state index in [0.29, 0.717) is 33.3 Å². The lowest BCUT2D eigenvalue weighted by molar-refractivity contribution is 0.476. The summed E-state index contributed by atoms with van der Waals surface area (Å²) in [6, 6.07) is 11.4. The first-order valence-corrected chi connectivity index (χ1v) is 9.80. The second kappa shape index (κ2) is 6.08. The van der Waals surface area contributed by atoms with E-state index in [1.807, 2.05) is 13.1 Å². The maximum absolute atomic E-state index is 14.1. The Kier molecular flexibility index (Phi) is 4.13. The van der Waals surface area contributed by atoms with Gasteiger partial charge in [-0.2, -0.15) is 0 Å². The minimum atomic E-state index is -1.03. The maximum Gasteiger partial charge on any atom is 0.149 e. The average Bonchev–Trinajstić information content (AvgIpc) is 2.49. The summed E-state index contributed by atoms with van der Waals surface area (Å²) in [4.78, 5) is 4.28. The molecule has 0 fully saturated rings. The molecule has 0 spiro atoms. The number of para-hydroxylation sites is 1. The number of halogens is 2. The molecule has 1 radical (unpaired) electrons. The van der Waals surface area contributed by atoms with Crippen LogP contribution in [0.4, 0.5) is 8.78 Å². The van der Waals surface area contributed by atoms with Gasteiger partial charge in [-0.1, -0.05) is 31.3 Å². The molecule has 0 unspecified atom stereocenters. The van der Waals surface area contributed by atoms with Crippen LogP contribution in [0.3, 0.4) is 0 Å². The summed E-state index contributed by atoms with van der Waals surface area (Å²) in [7, 11) is -1.03. The van der Waals surface area contributed by atoms with Gasteiger partial charge in [-0.25, -0.2) is 13.8 Å². The molecule has 0 saturated heterocycles. The van der Waals surface area contributed by atoms with Crippen molar-refractivity contribution in [2.75, 3.05) is 0 Å². The van der Waals surface area contributed by atoms with Crippen LogP contribution < -0.4 is 9.92 Å². The fraction of sp³-hybridized carbons (Fsp3) is 0.167. The highest BCUT2D eigenvalue weighted by Crippen LogP contribution is 2.28. The number of hydrogen-bond acceptors (Lipinski definition) is 2. The standard InChI is InChI=1S/C18H16F2NOSi/c1-11-16(10-12-6-4-7-13(19)17(12)21-11)22-15-9-5-8-14(20)18(15)23(2)3/h4-10H,1-3H3. The van der Waals surface area contributed by atoms with Crippen LogP contribution in [0.25, 0.3) is 10.9 Å². The molecule has 0 aliphatic carbocycles. The number of rotatable bonds is 3. The Morgan fingerprint density at radius 2 is 1.65 bits per heavy atom. The van der Waals surface area contributed by atoms with Crippen molar-refractivity contribution in [2.24, 2.45) is 0 Å². The SMILES string of the molecule is Cc1nc2c(F)cccc2cc1Oc1cccc(F)c1[Si](C)C. The average molecular weight is 328 g/mol. The second-order valence-corrected chi connectivity index (χ2v) is 8.10. The quantitative estimate of drug-likeness (QED) is 0.657. The largest absolute Gasteiger partial charge is 0.455 e. The number of hydrogen-bond donors (Lipinski definition) is 0. The van der Waals surface area contributed by atoms with Crippen molar-refractivity contribution in [2.45, 2.75) is 20.0 Å². The highest BCUT2D eigenvalue weighted by Gasteiger charge is 2.16. The summed E-state index contributed by atoms with van der Waals surface area (Å²) in [5.41, 5.74) is 0.881. The second-order valence-electron chi connectivity index (χ2n) is 5.60. The molecule has 0 N–H and O–H groups in total. The number of aryl methyl sites for hydroxylation is 1. The molecule has 23 heavy (non-hydrogen) atoms. The van der Waals surface area contributed by atoms with Crippen molar-refractivity contribution < 1.29 is 13.5 Å². The molecule has 0 saturated carbocycles. The van der Waals surface area contributed by atoms with Crippen LogP contribution in [0.1, 0.15) is 5.69 Å². The molecule has 1 heterocycles. The van der Waals surface area contributed by atoms with Gasteiger partial charge in [-0.05, 0) is 31.2 Å². The first-order chi connectivity index (χ1) is 11.0. The Bertz CT molecular complexity index is 880. The molecule has 0 aliphatic rings. The van der Waals surface area contributed by atoms with Crippen molar-refractivity contribution in [3.05, 3.63) is 59.8 Å². The van der Waals surface area contributed by atoms with Crippen LogP contribution in [0.5, 0.6) is 11.5 Å². The summed E-state index contributed by atoms with van der Waals surface area (Å²) in [5.74, 6) is 0.401. The zero-order valence-corrected chi connectivity index (χ0v) is 14.2. The van der Waals surface area contributed by atoms with E-state index in [2.05, 4.69) is 4.98 Å². The van der Waals surface area contributed by atoms with Gasteiger partial charge in [0.1, 0.15) is 28.7 Å². The zero-order chi connectivity index (χ0) is 16.6. The highest BCUT2D eigenvalue weighted by atomic mass is 28.3. The van der Waals surface area contributed by atoms with Crippen molar-refractivity contribution in [3.63, 3.8) is 0 Å². The Hall–Kier alpha value is -2.27. The van der Waals surface area contributed by atoms with Gasteiger partial charge in [-0.3, -0.25) is 0 Å². The van der Waals surface area contributed by atoms with Crippen molar-refractivity contribution in [1.29, 1.82) is 0 Å². The van der Waals surface area contributed by atoms with Gasteiger partial charge in [0.25, 0.3) is 0 Å². The van der Waals surface area contributed by atoms with E-state index in [1.165, 1.54) is 12.1 Å². The molecule has 2 nitrogen and oxygen atoms in total. The fourth-order valence-corrected chi connectivity index (χ4v) is 3.72. The van der Waals surface area contributed by atoms with Crippen molar-refractivity contribution in [1.82, 2.24) is 4.98 Å². The van der Waals surface area contributed by atoms with Gasteiger partial charge in [0, 0.05) is 10.6 Å². The van der Waals surface area contributed by atoms with Gasteiger partial charge in [-0.15, -0.1) is 0 Å². The molecule has 0 aliphatic heterocycles. The van der Waals surface area contributed by atoms with Crippen LogP contribution in [0, 0.1) is 18.6 Å². The third-order valence-electron chi connectivity index (χ3n) is 3.64. The highest BCUT2D eigenvalue weighted by molar-refractivity contribution is 6.71. The predicted octanol–water partition coefficient (Wildman–Crippen LogP) is 4.58. The molecule has 1 aromatic heterocycles. The number of nitrogens with zero attached hydrogens (tertiary/aromatic N) is 1. The van der Waals surface area contributed by atoms with Crippen LogP contribution in [0.2, 0.25) is 13.1 Å². The normalized spacial score (nSPS) is 11.2. The Morgan fingerprint density at radius 3 is 2.39 bits per heavy atom. The minimum Gasteiger partial charge on any atom is -0.455 e. The Morgan fingerprint density at radius 1 is 0.957 bits per heavy atom. The third-order valence-corrected chi connectivity index (χ3v) is 5.12. The lowest BCUT2D eigenvalue weighted by Crippen LogP contribution is -2.27. The molecule has 0 amide bonds. The summed E-state index contributed by atoms with van der Waals surface area (Å²) in [6.45, 7) is 5.78. The maximum atomic E-state index is 14.1. The Labute approximate surface area is 135 Å². The molecule has 3 rings (SSSR count). The van der Waals surface area contributed by atoms with Gasteiger partial charge in [0.15, 0.2) is 0 Å². The van der Waals surface area contributed by atoms with Crippen LogP contribution in [-0.4, -0.2) is 13.8 Å². The van der Waals surface area contributed by atoms with E-state index in [4.69, 9.17) is 4.74 Å². The summed E-state index contributed by atoms with van der Waals surface area (Å²) < 4.78 is 33.8. The monoisotopic (exact) mass is 328 g/mol. The molecule has 117 valence electrons. The van der Waals surface area contributed by atoms with Crippen molar-refractivity contribution in [3.8, 4) is 11.5 Å². The predicted molar refractivity (Wildman–Crippen MR) is 90.0 cm³/mol. The van der Waals surface area contributed by atoms with Gasteiger partial charge < -0.3 is 4.74 Å². The number of fused-ring (bicyclic) bond motifs is 1. The van der Waals surface area contributed by atoms with Crippen molar-refractivity contribution >= 4 is 24.9 Å². The van der Waals surface area contributed by atoms with Gasteiger partial charge >= 0.3 is 0 Å². The fourth-order valence-electron chi connectivity index (χ4n) is 2.53. The molecule has 5 heteroatoms. The molecule has 0 bridgehead atoms. The van der Waals surface area contributed by atoms with Gasteiger partial charge in [0.05, 0.1) is 14.5 Å². The molecular weight excluding hydrogens is 312 g/mol. The van der Waals surface area contributed by atoms with Crippen LogP contribution in [-0.2, 0) is 0 Å². The van der Waals surface area contributed by atoms with E-state index < -0.39 is 8.80 Å². The topological polar surface area (TPSA) is 22.1 Å². The molecular formula is C18H16F2NOSi. The Balaban J connectivity index is 2.09. The van der Waals surface area contributed by atoms with E-state index in [1.54, 1.807) is 37.3 Å². The minimum absolute atomic E-state index is 0.251. The first-order valence-electron chi connectivity index (χ1n) is 7.30. The lowest BCUT2D eigenvalue weighted by atomic mass is 10.2. The van der Waals surface area contributed by atoms with E-state index >= 15 is 0 Å². The first kappa shape index (κ1) is 15.6. The van der Waals surface area contributed by atoms with E-state index in [-0.39, 0.29) is 11.6 Å². The zero-order valence-electron chi connectivity index (χ0n) is 13.2. The number of aromatic nitrogens is 1. The summed E-state index contributed by atoms with van der Waals surface area (Å²) in [5, 5.41) is 1.28.